The van der Waals surface area contributed by atoms with Crippen LogP contribution in [-0.2, 0) is 10.3 Å². The molecule has 0 bridgehead atoms. The lowest BCUT2D eigenvalue weighted by Crippen LogP contribution is -2.52. The zero-order valence-corrected chi connectivity index (χ0v) is 11.5. The Hall–Kier alpha value is -1.31. The smallest absolute Gasteiger partial charge is 0.404 e. The van der Waals surface area contributed by atoms with Gasteiger partial charge in [-0.25, -0.2) is 0 Å². The molecule has 0 spiro atoms. The Morgan fingerprint density at radius 2 is 2.10 bits per heavy atom. The van der Waals surface area contributed by atoms with E-state index < -0.39 is 29.5 Å². The van der Waals surface area contributed by atoms with Crippen molar-refractivity contribution in [3.63, 3.8) is 0 Å². The van der Waals surface area contributed by atoms with Crippen molar-refractivity contribution >= 4 is 17.4 Å². The summed E-state index contributed by atoms with van der Waals surface area (Å²) in [5, 5.41) is 9.37. The maximum absolute atomic E-state index is 12.3. The number of ether oxygens (including phenoxy) is 1. The lowest BCUT2D eigenvalue weighted by atomic mass is 9.75. The van der Waals surface area contributed by atoms with Gasteiger partial charge in [0.1, 0.15) is 17.4 Å². The van der Waals surface area contributed by atoms with E-state index in [4.69, 9.17) is 17.3 Å². The van der Waals surface area contributed by atoms with Crippen molar-refractivity contribution < 1.29 is 27.8 Å². The van der Waals surface area contributed by atoms with Gasteiger partial charge in [-0.15, -0.1) is 13.2 Å². The second kappa shape index (κ2) is 5.47. The molecule has 1 aromatic rings. The van der Waals surface area contributed by atoms with Crippen molar-refractivity contribution in [2.24, 2.45) is 5.73 Å². The molecule has 2 unspecified atom stereocenters. The first-order chi connectivity index (χ1) is 9.63. The number of rotatable bonds is 2. The average Bonchev–Trinajstić information content (AvgIpc) is 2.37. The number of hydrogen-bond donors (Lipinski definition) is 2. The van der Waals surface area contributed by atoms with Gasteiger partial charge in [-0.1, -0.05) is 17.7 Å². The molecule has 3 N–H and O–H groups in total. The van der Waals surface area contributed by atoms with Gasteiger partial charge in [-0.05, 0) is 37.0 Å². The van der Waals surface area contributed by atoms with Crippen LogP contribution in [0.15, 0.2) is 18.2 Å². The van der Waals surface area contributed by atoms with E-state index in [1.165, 1.54) is 12.1 Å². The van der Waals surface area contributed by atoms with Crippen LogP contribution in [0.25, 0.3) is 0 Å². The Morgan fingerprint density at radius 1 is 1.43 bits per heavy atom. The third-order valence-electron chi connectivity index (χ3n) is 3.46. The highest BCUT2D eigenvalue weighted by Gasteiger charge is 2.43. The number of benzene rings is 1. The van der Waals surface area contributed by atoms with E-state index in [9.17, 15) is 23.1 Å². The SMILES string of the molecule is NC1(c2ccc(Cl)c(OC(F)(F)F)c2)CCCC(O)C1=O. The van der Waals surface area contributed by atoms with E-state index in [-0.39, 0.29) is 23.4 Å². The van der Waals surface area contributed by atoms with Gasteiger partial charge in [-0.2, -0.15) is 0 Å². The second-order valence-electron chi connectivity index (χ2n) is 4.94. The number of carbonyl (C=O) groups is 1. The minimum Gasteiger partial charge on any atom is -0.404 e. The van der Waals surface area contributed by atoms with Gasteiger partial charge in [-0.3, -0.25) is 4.79 Å². The average molecular weight is 324 g/mol. The van der Waals surface area contributed by atoms with Crippen LogP contribution in [0.2, 0.25) is 5.02 Å². The number of aliphatic hydroxyl groups excluding tert-OH is 1. The van der Waals surface area contributed by atoms with Crippen molar-refractivity contribution in [1.82, 2.24) is 0 Å². The summed E-state index contributed by atoms with van der Waals surface area (Å²) in [4.78, 5) is 12.1. The Morgan fingerprint density at radius 3 is 2.71 bits per heavy atom. The van der Waals surface area contributed by atoms with Crippen molar-refractivity contribution in [3.8, 4) is 5.75 Å². The fraction of sp³-hybridized carbons (Fsp3) is 0.462. The topological polar surface area (TPSA) is 72.6 Å². The molecule has 0 aliphatic heterocycles. The van der Waals surface area contributed by atoms with Gasteiger partial charge in [0.25, 0.3) is 0 Å². The monoisotopic (exact) mass is 323 g/mol. The van der Waals surface area contributed by atoms with Gasteiger partial charge < -0.3 is 15.6 Å². The summed E-state index contributed by atoms with van der Waals surface area (Å²) in [7, 11) is 0. The molecule has 0 aromatic heterocycles. The molecule has 0 radical (unpaired) electrons. The van der Waals surface area contributed by atoms with E-state index >= 15 is 0 Å². The van der Waals surface area contributed by atoms with Crippen LogP contribution < -0.4 is 10.5 Å². The molecule has 0 heterocycles. The second-order valence-corrected chi connectivity index (χ2v) is 5.34. The molecule has 1 aliphatic carbocycles. The zero-order chi connectivity index (χ0) is 15.8. The molecule has 0 amide bonds. The summed E-state index contributed by atoms with van der Waals surface area (Å²) in [6.07, 6.45) is -5.11. The zero-order valence-electron chi connectivity index (χ0n) is 10.8. The number of ketones is 1. The first-order valence-corrected chi connectivity index (χ1v) is 6.58. The third kappa shape index (κ3) is 3.30. The van der Waals surface area contributed by atoms with Crippen LogP contribution in [0, 0.1) is 0 Å². The number of hydrogen-bond acceptors (Lipinski definition) is 4. The predicted molar refractivity (Wildman–Crippen MR) is 68.9 cm³/mol. The molecule has 21 heavy (non-hydrogen) atoms. The fourth-order valence-electron chi connectivity index (χ4n) is 2.40. The fourth-order valence-corrected chi connectivity index (χ4v) is 2.55. The molecule has 4 nitrogen and oxygen atoms in total. The normalized spacial score (nSPS) is 26.8. The maximum atomic E-state index is 12.3. The van der Waals surface area contributed by atoms with E-state index in [1.807, 2.05) is 0 Å². The van der Waals surface area contributed by atoms with E-state index in [0.29, 0.717) is 6.42 Å². The quantitative estimate of drug-likeness (QED) is 0.877. The van der Waals surface area contributed by atoms with Gasteiger partial charge in [0, 0.05) is 0 Å². The minimum atomic E-state index is -4.90. The molecule has 0 saturated heterocycles. The number of aliphatic hydroxyl groups is 1. The largest absolute Gasteiger partial charge is 0.573 e. The van der Waals surface area contributed by atoms with Crippen molar-refractivity contribution in [1.29, 1.82) is 0 Å². The van der Waals surface area contributed by atoms with Gasteiger partial charge >= 0.3 is 6.36 Å². The highest BCUT2D eigenvalue weighted by molar-refractivity contribution is 6.32. The molecule has 1 fully saturated rings. The first-order valence-electron chi connectivity index (χ1n) is 6.20. The lowest BCUT2D eigenvalue weighted by Gasteiger charge is -2.35. The summed E-state index contributed by atoms with van der Waals surface area (Å²) in [5.74, 6) is -1.24. The van der Waals surface area contributed by atoms with E-state index in [2.05, 4.69) is 4.74 Å². The Labute approximate surface area is 123 Å². The van der Waals surface area contributed by atoms with Crippen LogP contribution in [0.1, 0.15) is 24.8 Å². The number of alkyl halides is 3. The molecule has 1 aliphatic rings. The Kier molecular flexibility index (Phi) is 4.19. The van der Waals surface area contributed by atoms with E-state index in [1.54, 1.807) is 0 Å². The summed E-state index contributed by atoms with van der Waals surface area (Å²) in [6, 6.07) is 3.54. The highest BCUT2D eigenvalue weighted by atomic mass is 35.5. The van der Waals surface area contributed by atoms with Crippen molar-refractivity contribution in [2.75, 3.05) is 0 Å². The molecule has 2 rings (SSSR count). The minimum absolute atomic E-state index is 0.134. The molecular formula is C13H13ClF3NO3. The highest BCUT2D eigenvalue weighted by Crippen LogP contribution is 2.37. The number of Topliss-reactive ketones (excluding diaryl/α,β-unsaturated/α-hetero) is 1. The molecule has 116 valence electrons. The molecule has 1 saturated carbocycles. The van der Waals surface area contributed by atoms with Crippen LogP contribution in [0.3, 0.4) is 0 Å². The van der Waals surface area contributed by atoms with Crippen molar-refractivity contribution in [2.45, 2.75) is 37.3 Å². The van der Waals surface area contributed by atoms with Gasteiger partial charge in [0.2, 0.25) is 0 Å². The van der Waals surface area contributed by atoms with Crippen molar-refractivity contribution in [3.05, 3.63) is 28.8 Å². The van der Waals surface area contributed by atoms with Crippen LogP contribution in [-0.4, -0.2) is 23.4 Å². The molecule has 1 aromatic carbocycles. The van der Waals surface area contributed by atoms with Crippen LogP contribution in [0.5, 0.6) is 5.75 Å². The summed E-state index contributed by atoms with van der Waals surface area (Å²) < 4.78 is 40.7. The summed E-state index contributed by atoms with van der Waals surface area (Å²) in [6.45, 7) is 0. The van der Waals surface area contributed by atoms with Crippen LogP contribution >= 0.6 is 11.6 Å². The third-order valence-corrected chi connectivity index (χ3v) is 3.78. The standard InChI is InChI=1S/C13H13ClF3NO3/c14-8-4-3-7(6-10(8)21-13(15,16)17)12(18)5-1-2-9(19)11(12)20/h3-4,6,9,19H,1-2,5,18H2. The van der Waals surface area contributed by atoms with Gasteiger partial charge in [0.05, 0.1) is 5.02 Å². The number of halogens is 4. The predicted octanol–water partition coefficient (Wildman–Crippen LogP) is 2.51. The lowest BCUT2D eigenvalue weighted by molar-refractivity contribution is -0.274. The van der Waals surface area contributed by atoms with E-state index in [0.717, 1.165) is 6.07 Å². The summed E-state index contributed by atoms with van der Waals surface area (Å²) >= 11 is 5.65. The maximum Gasteiger partial charge on any atom is 0.573 e. The van der Waals surface area contributed by atoms with Gasteiger partial charge in [0.15, 0.2) is 5.78 Å². The Balaban J connectivity index is 2.40. The molecular weight excluding hydrogens is 311 g/mol. The number of nitrogens with two attached hydrogens (primary N) is 1. The molecule has 8 heteroatoms. The van der Waals surface area contributed by atoms with Crippen LogP contribution in [0.4, 0.5) is 13.2 Å². The first kappa shape index (κ1) is 16.1. The number of carbonyl (C=O) groups excluding carboxylic acids is 1. The Bertz CT molecular complexity index is 564. The molecule has 2 atom stereocenters. The summed E-state index contributed by atoms with van der Waals surface area (Å²) in [5.41, 5.74) is 4.61.